The maximum Gasteiger partial charge on any atom is 0.224 e. The molecule has 0 bridgehead atoms. The van der Waals surface area contributed by atoms with Crippen LogP contribution in [0, 0.1) is 0 Å². The molecule has 2 aliphatic rings. The fourth-order valence-corrected chi connectivity index (χ4v) is 3.19. The molecule has 5 nitrogen and oxygen atoms in total. The highest BCUT2D eigenvalue weighted by atomic mass is 35.5. The van der Waals surface area contributed by atoms with Gasteiger partial charge in [0.2, 0.25) is 5.28 Å². The van der Waals surface area contributed by atoms with Gasteiger partial charge in [0, 0.05) is 12.1 Å². The van der Waals surface area contributed by atoms with E-state index in [0.717, 1.165) is 23.6 Å². The van der Waals surface area contributed by atoms with Crippen LogP contribution in [-0.4, -0.2) is 35.8 Å². The van der Waals surface area contributed by atoms with Crippen LogP contribution in [0.1, 0.15) is 31.5 Å². The molecule has 114 valence electrons. The van der Waals surface area contributed by atoms with Crippen molar-refractivity contribution in [2.24, 2.45) is 0 Å². The number of nitrogens with zero attached hydrogens (tertiary/aromatic N) is 3. The SMILES string of the molecule is C=CCC1(C)OCc2c(N3CCOC[C@@H]3C)nc(Cl)nc21. The fraction of sp³-hybridized carbons (Fsp3) is 0.600. The summed E-state index contributed by atoms with van der Waals surface area (Å²) in [6.45, 7) is 10.7. The number of fused-ring (bicyclic) bond motifs is 1. The second kappa shape index (κ2) is 5.55. The maximum absolute atomic E-state index is 6.16. The van der Waals surface area contributed by atoms with Gasteiger partial charge in [0.1, 0.15) is 11.4 Å². The van der Waals surface area contributed by atoms with E-state index >= 15 is 0 Å². The lowest BCUT2D eigenvalue weighted by Gasteiger charge is -2.35. The number of anilines is 1. The lowest BCUT2D eigenvalue weighted by atomic mass is 9.96. The summed E-state index contributed by atoms with van der Waals surface area (Å²) in [5.74, 6) is 0.883. The Morgan fingerprint density at radius 2 is 2.33 bits per heavy atom. The van der Waals surface area contributed by atoms with Crippen LogP contribution in [0.3, 0.4) is 0 Å². The van der Waals surface area contributed by atoms with Crippen molar-refractivity contribution >= 4 is 17.4 Å². The summed E-state index contributed by atoms with van der Waals surface area (Å²) in [6, 6.07) is 0.264. The van der Waals surface area contributed by atoms with Gasteiger partial charge in [-0.1, -0.05) is 6.08 Å². The molecule has 0 aromatic carbocycles. The van der Waals surface area contributed by atoms with Crippen LogP contribution in [0.4, 0.5) is 5.82 Å². The van der Waals surface area contributed by atoms with Crippen molar-refractivity contribution in [1.82, 2.24) is 9.97 Å². The van der Waals surface area contributed by atoms with Crippen molar-refractivity contribution < 1.29 is 9.47 Å². The molecule has 0 N–H and O–H groups in total. The molecule has 1 aromatic heterocycles. The number of hydrogen-bond donors (Lipinski definition) is 0. The second-order valence-corrected chi connectivity index (χ2v) is 6.11. The number of halogens is 1. The molecule has 3 heterocycles. The van der Waals surface area contributed by atoms with Crippen LogP contribution in [-0.2, 0) is 21.7 Å². The van der Waals surface area contributed by atoms with Crippen molar-refractivity contribution in [1.29, 1.82) is 0 Å². The number of rotatable bonds is 3. The average molecular weight is 310 g/mol. The lowest BCUT2D eigenvalue weighted by molar-refractivity contribution is -0.0229. The van der Waals surface area contributed by atoms with Gasteiger partial charge in [0.05, 0.1) is 31.6 Å². The normalized spacial score (nSPS) is 28.5. The van der Waals surface area contributed by atoms with Crippen LogP contribution in [0.2, 0.25) is 5.28 Å². The van der Waals surface area contributed by atoms with E-state index in [-0.39, 0.29) is 11.3 Å². The second-order valence-electron chi connectivity index (χ2n) is 5.77. The number of hydrogen-bond acceptors (Lipinski definition) is 5. The summed E-state index contributed by atoms with van der Waals surface area (Å²) in [4.78, 5) is 11.1. The molecule has 2 aliphatic heterocycles. The fourth-order valence-electron chi connectivity index (χ4n) is 3.03. The molecule has 0 saturated carbocycles. The van der Waals surface area contributed by atoms with Gasteiger partial charge in [-0.05, 0) is 31.9 Å². The van der Waals surface area contributed by atoms with Gasteiger partial charge in [-0.15, -0.1) is 6.58 Å². The van der Waals surface area contributed by atoms with Gasteiger partial charge in [-0.3, -0.25) is 0 Å². The zero-order valence-corrected chi connectivity index (χ0v) is 13.2. The minimum Gasteiger partial charge on any atom is -0.377 e. The molecular weight excluding hydrogens is 290 g/mol. The Labute approximate surface area is 129 Å². The van der Waals surface area contributed by atoms with Gasteiger partial charge in [-0.25, -0.2) is 9.97 Å². The quantitative estimate of drug-likeness (QED) is 0.634. The van der Waals surface area contributed by atoms with E-state index in [1.54, 1.807) is 0 Å². The van der Waals surface area contributed by atoms with E-state index in [1.165, 1.54) is 0 Å². The van der Waals surface area contributed by atoms with Crippen LogP contribution < -0.4 is 4.90 Å². The number of aromatic nitrogens is 2. The molecule has 2 atom stereocenters. The predicted molar refractivity (Wildman–Crippen MR) is 81.6 cm³/mol. The largest absolute Gasteiger partial charge is 0.377 e. The molecule has 3 rings (SSSR count). The van der Waals surface area contributed by atoms with Crippen molar-refractivity contribution in [2.45, 2.75) is 38.5 Å². The van der Waals surface area contributed by atoms with Crippen molar-refractivity contribution in [2.75, 3.05) is 24.7 Å². The molecule has 1 unspecified atom stereocenters. The van der Waals surface area contributed by atoms with Gasteiger partial charge >= 0.3 is 0 Å². The molecule has 1 saturated heterocycles. The summed E-state index contributed by atoms with van der Waals surface area (Å²) in [5.41, 5.74) is 1.46. The zero-order valence-electron chi connectivity index (χ0n) is 12.4. The Hall–Kier alpha value is -1.17. The predicted octanol–water partition coefficient (Wildman–Crippen LogP) is 2.68. The van der Waals surface area contributed by atoms with E-state index in [1.807, 2.05) is 13.0 Å². The Morgan fingerprint density at radius 1 is 1.52 bits per heavy atom. The van der Waals surface area contributed by atoms with Crippen LogP contribution in [0.15, 0.2) is 12.7 Å². The Kier molecular flexibility index (Phi) is 3.90. The van der Waals surface area contributed by atoms with Crippen molar-refractivity contribution in [3.63, 3.8) is 0 Å². The van der Waals surface area contributed by atoms with Gasteiger partial charge in [0.25, 0.3) is 0 Å². The lowest BCUT2D eigenvalue weighted by Crippen LogP contribution is -2.44. The Balaban J connectivity index is 2.05. The molecule has 0 spiro atoms. The first kappa shape index (κ1) is 14.8. The van der Waals surface area contributed by atoms with Crippen molar-refractivity contribution in [3.05, 3.63) is 29.2 Å². The van der Waals surface area contributed by atoms with E-state index in [2.05, 4.69) is 28.4 Å². The molecule has 1 fully saturated rings. The van der Waals surface area contributed by atoms with Gasteiger partial charge < -0.3 is 14.4 Å². The molecular formula is C15H20ClN3O2. The number of ether oxygens (including phenoxy) is 2. The third-order valence-corrected chi connectivity index (χ3v) is 4.34. The molecule has 0 amide bonds. The van der Waals surface area contributed by atoms with Crippen molar-refractivity contribution in [3.8, 4) is 0 Å². The Bertz CT molecular complexity index is 566. The molecule has 0 aliphatic carbocycles. The molecule has 1 aromatic rings. The minimum absolute atomic E-state index is 0.264. The van der Waals surface area contributed by atoms with E-state index in [0.29, 0.717) is 26.2 Å². The number of morpholine rings is 1. The van der Waals surface area contributed by atoms with Gasteiger partial charge in [-0.2, -0.15) is 0 Å². The molecule has 21 heavy (non-hydrogen) atoms. The Morgan fingerprint density at radius 3 is 3.05 bits per heavy atom. The smallest absolute Gasteiger partial charge is 0.224 e. The van der Waals surface area contributed by atoms with Crippen LogP contribution in [0.5, 0.6) is 0 Å². The highest BCUT2D eigenvalue weighted by molar-refractivity contribution is 6.28. The average Bonchev–Trinajstić information content (AvgIpc) is 2.77. The minimum atomic E-state index is -0.464. The molecule has 0 radical (unpaired) electrons. The molecule has 6 heteroatoms. The monoisotopic (exact) mass is 309 g/mol. The first-order chi connectivity index (χ1) is 10.0. The first-order valence-corrected chi connectivity index (χ1v) is 7.59. The zero-order chi connectivity index (χ0) is 15.0. The highest BCUT2D eigenvalue weighted by Gasteiger charge is 2.40. The van der Waals surface area contributed by atoms with E-state index < -0.39 is 5.60 Å². The summed E-state index contributed by atoms with van der Waals surface area (Å²) in [5, 5.41) is 0.267. The summed E-state index contributed by atoms with van der Waals surface area (Å²) >= 11 is 6.16. The van der Waals surface area contributed by atoms with Gasteiger partial charge in [0.15, 0.2) is 0 Å². The van der Waals surface area contributed by atoms with Crippen LogP contribution in [0.25, 0.3) is 0 Å². The maximum atomic E-state index is 6.16. The summed E-state index contributed by atoms with van der Waals surface area (Å²) < 4.78 is 11.5. The topological polar surface area (TPSA) is 47.5 Å². The summed E-state index contributed by atoms with van der Waals surface area (Å²) in [6.07, 6.45) is 2.55. The van der Waals surface area contributed by atoms with E-state index in [9.17, 15) is 0 Å². The third-order valence-electron chi connectivity index (χ3n) is 4.17. The summed E-state index contributed by atoms with van der Waals surface area (Å²) in [7, 11) is 0. The standard InChI is InChI=1S/C15H20ClN3O2/c1-4-5-15(3)12-11(9-21-15)13(18-14(16)17-12)19-6-7-20-8-10(19)2/h4,10H,1,5-9H2,2-3H3/t10-,15?/m0/s1. The third kappa shape index (κ3) is 2.54. The highest BCUT2D eigenvalue weighted by Crippen LogP contribution is 2.42. The first-order valence-electron chi connectivity index (χ1n) is 7.21. The van der Waals surface area contributed by atoms with E-state index in [4.69, 9.17) is 21.1 Å². The van der Waals surface area contributed by atoms with Crippen LogP contribution >= 0.6 is 11.6 Å².